The van der Waals surface area contributed by atoms with E-state index in [0.29, 0.717) is 11.0 Å². The van der Waals surface area contributed by atoms with Crippen LogP contribution in [0.5, 0.6) is 0 Å². The number of hydrogen-bond donors (Lipinski definition) is 1. The van der Waals surface area contributed by atoms with E-state index in [1.807, 2.05) is 6.07 Å². The maximum absolute atomic E-state index is 12.4. The SMILES string of the molecule is CC(F)(F)Cc1ccccc1.CC1(C(I)CN2CCNCC2)CCCCC1. The van der Waals surface area contributed by atoms with Gasteiger partial charge in [-0.25, -0.2) is 8.78 Å². The van der Waals surface area contributed by atoms with Gasteiger partial charge in [-0.3, -0.25) is 4.90 Å². The summed E-state index contributed by atoms with van der Waals surface area (Å²) in [7, 11) is 0. The first-order chi connectivity index (χ1) is 12.8. The normalized spacial score (nSPS) is 21.8. The van der Waals surface area contributed by atoms with E-state index in [2.05, 4.69) is 39.7 Å². The first-order valence-corrected chi connectivity index (χ1v) is 11.5. The summed E-state index contributed by atoms with van der Waals surface area (Å²) in [5, 5.41) is 3.43. The minimum Gasteiger partial charge on any atom is -0.314 e. The second kappa shape index (κ2) is 11.1. The number of piperazine rings is 1. The van der Waals surface area contributed by atoms with Gasteiger partial charge >= 0.3 is 0 Å². The lowest BCUT2D eigenvalue weighted by Gasteiger charge is -2.41. The number of benzene rings is 1. The number of alkyl halides is 3. The summed E-state index contributed by atoms with van der Waals surface area (Å²) in [6.07, 6.45) is 7.11. The fourth-order valence-corrected chi connectivity index (χ4v) is 5.15. The minimum atomic E-state index is -2.60. The molecule has 1 atom stereocenters. The summed E-state index contributed by atoms with van der Waals surface area (Å²) in [5.74, 6) is -2.60. The second-order valence-electron chi connectivity index (χ2n) is 8.47. The monoisotopic (exact) mass is 492 g/mol. The van der Waals surface area contributed by atoms with Crippen molar-refractivity contribution < 1.29 is 8.78 Å². The highest BCUT2D eigenvalue weighted by atomic mass is 127. The first-order valence-electron chi connectivity index (χ1n) is 10.3. The average molecular weight is 492 g/mol. The molecule has 1 saturated carbocycles. The smallest absolute Gasteiger partial charge is 0.249 e. The molecule has 3 rings (SSSR count). The van der Waals surface area contributed by atoms with Crippen molar-refractivity contribution in [2.75, 3.05) is 32.7 Å². The van der Waals surface area contributed by atoms with Crippen LogP contribution in [0.15, 0.2) is 30.3 Å². The largest absolute Gasteiger partial charge is 0.314 e. The number of halogens is 3. The number of rotatable bonds is 5. The predicted molar refractivity (Wildman–Crippen MR) is 119 cm³/mol. The van der Waals surface area contributed by atoms with Gasteiger partial charge in [0.25, 0.3) is 0 Å². The summed E-state index contributed by atoms with van der Waals surface area (Å²) in [6, 6.07) is 8.76. The summed E-state index contributed by atoms with van der Waals surface area (Å²) >= 11 is 2.72. The number of hydrogen-bond acceptors (Lipinski definition) is 2. The van der Waals surface area contributed by atoms with Crippen LogP contribution in [-0.2, 0) is 6.42 Å². The summed E-state index contributed by atoms with van der Waals surface area (Å²) in [5.41, 5.74) is 1.30. The zero-order chi connectivity index (χ0) is 19.8. The first kappa shape index (κ1) is 23.0. The molecule has 1 unspecified atom stereocenters. The van der Waals surface area contributed by atoms with E-state index in [9.17, 15) is 8.78 Å². The Hall–Kier alpha value is -0.270. The van der Waals surface area contributed by atoms with Crippen molar-refractivity contribution in [3.63, 3.8) is 0 Å². The molecule has 1 saturated heterocycles. The highest BCUT2D eigenvalue weighted by molar-refractivity contribution is 14.1. The zero-order valence-corrected chi connectivity index (χ0v) is 19.0. The molecular formula is C22H35F2IN2. The third kappa shape index (κ3) is 8.73. The number of nitrogens with zero attached hydrogens (tertiary/aromatic N) is 1. The fraction of sp³-hybridized carbons (Fsp3) is 0.727. The predicted octanol–water partition coefficient (Wildman–Crippen LogP) is 5.55. The van der Waals surface area contributed by atoms with Crippen molar-refractivity contribution in [2.24, 2.45) is 5.41 Å². The van der Waals surface area contributed by atoms with Crippen LogP contribution >= 0.6 is 22.6 Å². The molecule has 2 nitrogen and oxygen atoms in total. The maximum atomic E-state index is 12.4. The molecule has 1 aliphatic heterocycles. The van der Waals surface area contributed by atoms with E-state index < -0.39 is 5.92 Å². The zero-order valence-electron chi connectivity index (χ0n) is 16.8. The molecule has 1 aromatic rings. The molecule has 2 aliphatic rings. The highest BCUT2D eigenvalue weighted by Crippen LogP contribution is 2.42. The van der Waals surface area contributed by atoms with Crippen LogP contribution in [0.1, 0.15) is 51.5 Å². The van der Waals surface area contributed by atoms with Gasteiger partial charge in [-0.15, -0.1) is 0 Å². The van der Waals surface area contributed by atoms with Crippen molar-refractivity contribution in [3.8, 4) is 0 Å². The van der Waals surface area contributed by atoms with Crippen LogP contribution in [0, 0.1) is 5.41 Å². The molecular weight excluding hydrogens is 457 g/mol. The molecule has 0 spiro atoms. The van der Waals surface area contributed by atoms with Crippen LogP contribution in [0.2, 0.25) is 0 Å². The Bertz CT molecular complexity index is 521. The van der Waals surface area contributed by atoms with Crippen LogP contribution in [0.3, 0.4) is 0 Å². The highest BCUT2D eigenvalue weighted by Gasteiger charge is 2.34. The van der Waals surface area contributed by atoms with E-state index in [1.165, 1.54) is 64.8 Å². The van der Waals surface area contributed by atoms with Crippen molar-refractivity contribution in [3.05, 3.63) is 35.9 Å². The molecule has 0 aromatic heterocycles. The molecule has 0 amide bonds. The van der Waals surface area contributed by atoms with Crippen molar-refractivity contribution in [1.29, 1.82) is 0 Å². The van der Waals surface area contributed by atoms with E-state index in [4.69, 9.17) is 0 Å². The summed E-state index contributed by atoms with van der Waals surface area (Å²) in [6.45, 7) is 9.61. The lowest BCUT2D eigenvalue weighted by molar-refractivity contribution is 0.0226. The molecule has 1 heterocycles. The Labute approximate surface area is 177 Å². The molecule has 1 aromatic carbocycles. The maximum Gasteiger partial charge on any atom is 0.249 e. The minimum absolute atomic E-state index is 0.173. The van der Waals surface area contributed by atoms with E-state index in [1.54, 1.807) is 24.3 Å². The Kier molecular flexibility index (Phi) is 9.42. The van der Waals surface area contributed by atoms with Crippen LogP contribution in [-0.4, -0.2) is 47.5 Å². The Morgan fingerprint density at radius 2 is 1.70 bits per heavy atom. The Balaban J connectivity index is 0.000000208. The van der Waals surface area contributed by atoms with Crippen LogP contribution < -0.4 is 5.32 Å². The molecule has 27 heavy (non-hydrogen) atoms. The molecule has 1 aliphatic carbocycles. The van der Waals surface area contributed by atoms with Gasteiger partial charge in [-0.05, 0) is 30.7 Å². The van der Waals surface area contributed by atoms with Crippen molar-refractivity contribution in [1.82, 2.24) is 10.2 Å². The van der Waals surface area contributed by atoms with E-state index in [0.717, 1.165) is 10.8 Å². The van der Waals surface area contributed by atoms with Gasteiger partial charge in [0.05, 0.1) is 0 Å². The van der Waals surface area contributed by atoms with E-state index >= 15 is 0 Å². The van der Waals surface area contributed by atoms with Gasteiger partial charge in [0, 0.05) is 43.1 Å². The second-order valence-corrected chi connectivity index (χ2v) is 9.97. The van der Waals surface area contributed by atoms with Gasteiger partial charge in [-0.1, -0.05) is 79.1 Å². The van der Waals surface area contributed by atoms with Gasteiger partial charge in [0.2, 0.25) is 5.92 Å². The van der Waals surface area contributed by atoms with Gasteiger partial charge in [0.1, 0.15) is 0 Å². The van der Waals surface area contributed by atoms with Crippen LogP contribution in [0.4, 0.5) is 8.78 Å². The quantitative estimate of drug-likeness (QED) is 0.429. The lowest BCUT2D eigenvalue weighted by Crippen LogP contribution is -2.48. The summed E-state index contributed by atoms with van der Waals surface area (Å²) < 4.78 is 25.7. The number of nitrogens with one attached hydrogen (secondary N) is 1. The third-order valence-electron chi connectivity index (χ3n) is 5.74. The molecule has 154 valence electrons. The summed E-state index contributed by atoms with van der Waals surface area (Å²) in [4.78, 5) is 2.65. The molecule has 5 heteroatoms. The molecule has 0 bridgehead atoms. The van der Waals surface area contributed by atoms with Crippen LogP contribution in [0.25, 0.3) is 0 Å². The topological polar surface area (TPSA) is 15.3 Å². The van der Waals surface area contributed by atoms with Crippen molar-refractivity contribution in [2.45, 2.75) is 62.2 Å². The van der Waals surface area contributed by atoms with Gasteiger partial charge in [0.15, 0.2) is 0 Å². The van der Waals surface area contributed by atoms with E-state index in [-0.39, 0.29) is 6.42 Å². The Morgan fingerprint density at radius 1 is 1.11 bits per heavy atom. The van der Waals surface area contributed by atoms with Gasteiger partial charge < -0.3 is 5.32 Å². The third-order valence-corrected chi connectivity index (χ3v) is 7.63. The molecule has 2 fully saturated rings. The molecule has 0 radical (unpaired) electrons. The Morgan fingerprint density at radius 3 is 2.26 bits per heavy atom. The average Bonchev–Trinajstić information content (AvgIpc) is 2.63. The lowest BCUT2D eigenvalue weighted by atomic mass is 9.73. The standard InChI is InChI=1S/C13H25IN2.C9H10F2/c1-13(5-3-2-4-6-13)12(14)11-16-9-7-15-8-10-16;1-9(10,11)7-8-5-3-2-4-6-8/h12,15H,2-11H2,1H3;2-6H,7H2,1H3. The fourth-order valence-electron chi connectivity index (χ4n) is 3.97. The van der Waals surface area contributed by atoms with Crippen molar-refractivity contribution >= 4 is 22.6 Å². The molecule has 1 N–H and O–H groups in total. The van der Waals surface area contributed by atoms with Gasteiger partial charge in [-0.2, -0.15) is 0 Å².